The monoisotopic (exact) mass is 412 g/mol. The minimum atomic E-state index is -4.59. The molecule has 0 aromatic carbocycles. The normalized spacial score (nSPS) is 7.89. The van der Waals surface area contributed by atoms with E-state index in [-0.39, 0.29) is 112 Å². The Labute approximate surface area is 140 Å². The van der Waals surface area contributed by atoms with Crippen LogP contribution in [0.2, 0.25) is 0 Å². The van der Waals surface area contributed by atoms with Crippen molar-refractivity contribution in [1.29, 1.82) is 0 Å². The van der Waals surface area contributed by atoms with Gasteiger partial charge in [0.05, 0.1) is 0 Å². The van der Waals surface area contributed by atoms with E-state index in [1.54, 1.807) is 0 Å². The van der Waals surface area contributed by atoms with Gasteiger partial charge in [-0.15, -0.1) is 4.67 Å². The Balaban J connectivity index is -0.0000000417. The first kappa shape index (κ1) is 22.9. The van der Waals surface area contributed by atoms with E-state index in [0.29, 0.717) is 0 Å². The van der Waals surface area contributed by atoms with Crippen LogP contribution in [0.25, 0.3) is 0 Å². The Morgan fingerprint density at radius 1 is 1.33 bits per heavy atom. The summed E-state index contributed by atoms with van der Waals surface area (Å²) in [6.45, 7) is 0. The Kier molecular flexibility index (Phi) is 29.7. The maximum absolute atomic E-state index is 9.22. The average Bonchev–Trinajstić information content (AvgIpc) is 1.35. The van der Waals surface area contributed by atoms with Gasteiger partial charge < -0.3 is 9.79 Å². The van der Waals surface area contributed by atoms with Gasteiger partial charge in [0.15, 0.2) is 0 Å². The van der Waals surface area contributed by atoms with E-state index in [2.05, 4.69) is 4.67 Å². The minimum absolute atomic E-state index is 0. The number of hydrogen-bond donors (Lipinski definition) is 3. The number of phosphoric acid groups is 1. The first-order chi connectivity index (χ1) is 2.56. The molecule has 0 fully saturated rings. The van der Waals surface area contributed by atoms with Gasteiger partial charge in [0, 0.05) is 66.4 Å². The molecule has 0 atom stereocenters. The fraction of sp³-hybridized carbons (Fsp3) is 0. The molecule has 0 spiro atoms. The fourth-order valence-electron chi connectivity index (χ4n) is 0. The van der Waals surface area contributed by atoms with Crippen molar-refractivity contribution < 1.29 is 90.7 Å². The second-order valence-electron chi connectivity index (χ2n) is 0.572. The summed E-state index contributed by atoms with van der Waals surface area (Å²) < 4.78 is 11.8. The van der Waals surface area contributed by atoms with E-state index in [0.717, 1.165) is 0 Å². The van der Waals surface area contributed by atoms with Gasteiger partial charge in [-0.2, -0.15) is 0 Å². The van der Waals surface area contributed by atoms with Gasteiger partial charge in [-0.3, -0.25) is 0 Å². The molecule has 0 saturated carbocycles. The van der Waals surface area contributed by atoms with Gasteiger partial charge in [0.1, 0.15) is 0 Å². The van der Waals surface area contributed by atoms with E-state index in [9.17, 15) is 4.57 Å². The van der Waals surface area contributed by atoms with Crippen LogP contribution in [0.3, 0.4) is 0 Å². The Morgan fingerprint density at radius 2 is 1.44 bits per heavy atom. The van der Waals surface area contributed by atoms with Crippen molar-refractivity contribution in [2.24, 2.45) is 0 Å². The third kappa shape index (κ3) is 24.5. The van der Waals surface area contributed by atoms with E-state index in [4.69, 9.17) is 15.0 Å². The molecule has 0 aliphatic heterocycles. The van der Waals surface area contributed by atoms with Crippen molar-refractivity contribution >= 4 is 53.3 Å². The Bertz CT molecular complexity index is 81.0. The molecule has 0 aromatic rings. The predicted molar refractivity (Wildman–Crippen MR) is 24.3 cm³/mol. The summed E-state index contributed by atoms with van der Waals surface area (Å²) in [4.78, 5) is 14.9. The average molecular weight is 411 g/mol. The van der Waals surface area contributed by atoms with Crippen molar-refractivity contribution in [3.8, 4) is 0 Å². The van der Waals surface area contributed by atoms with Gasteiger partial charge in [0.25, 0.3) is 0 Å². The summed E-state index contributed by atoms with van der Waals surface area (Å²) in [7, 11) is -4.59. The van der Waals surface area contributed by atoms with Crippen LogP contribution in [0.5, 0.6) is 0 Å². The van der Waals surface area contributed by atoms with Crippen molar-refractivity contribution in [3.63, 3.8) is 0 Å². The summed E-state index contributed by atoms with van der Waals surface area (Å²) in [6.07, 6.45) is 0. The molecule has 0 aromatic heterocycles. The molecule has 0 rings (SSSR count). The second kappa shape index (κ2) is 11.7. The fourth-order valence-corrected chi connectivity index (χ4v) is 0. The van der Waals surface area contributed by atoms with Gasteiger partial charge in [-0.1, -0.05) is 0 Å². The van der Waals surface area contributed by atoms with Crippen molar-refractivity contribution in [1.82, 2.24) is 0 Å². The molecule has 0 saturated heterocycles. The third-order valence-corrected chi connectivity index (χ3v) is 0.319. The van der Waals surface area contributed by atoms with E-state index in [1.807, 2.05) is 0 Å². The molecule has 0 heterocycles. The standard InChI is InChI=1S/Eu.Mn.H3O5P.Sr.2H/c;;1-5-6(2,3)4;;;/h;;1H,(H2,2,3,4);;;. The molecule has 9 heavy (non-hydrogen) atoms. The quantitative estimate of drug-likeness (QED) is 0.215. The second-order valence-corrected chi connectivity index (χ2v) is 1.72. The molecule has 56 valence electrons. The van der Waals surface area contributed by atoms with Crippen molar-refractivity contribution in [3.05, 3.63) is 0 Å². The van der Waals surface area contributed by atoms with Crippen LogP contribution in [-0.2, 0) is 26.3 Å². The predicted octanol–water partition coefficient (Wildman–Crippen LogP) is -1.35. The summed E-state index contributed by atoms with van der Waals surface area (Å²) in [5, 5.41) is 7.14. The van der Waals surface area contributed by atoms with Gasteiger partial charge >= 0.3 is 53.3 Å². The topological polar surface area (TPSA) is 87.0 Å². The van der Waals surface area contributed by atoms with Crippen LogP contribution in [0, 0.1) is 49.4 Å². The van der Waals surface area contributed by atoms with Crippen LogP contribution in [0.15, 0.2) is 0 Å². The molecule has 0 aliphatic rings. The zero-order chi connectivity index (χ0) is 5.21. The SMILES string of the molecule is O=P(O)(O)OO.[Eu].[Mn].[SrH2]. The Hall–Kier alpha value is 3.65. The molecule has 3 N–H and O–H groups in total. The van der Waals surface area contributed by atoms with Crippen LogP contribution in [0.1, 0.15) is 0 Å². The summed E-state index contributed by atoms with van der Waals surface area (Å²) >= 11 is 0. The number of rotatable bonds is 1. The van der Waals surface area contributed by atoms with Crippen LogP contribution < -0.4 is 0 Å². The summed E-state index contributed by atoms with van der Waals surface area (Å²) in [5.41, 5.74) is 0. The van der Waals surface area contributed by atoms with Gasteiger partial charge in [-0.05, 0) is 0 Å². The summed E-state index contributed by atoms with van der Waals surface area (Å²) in [5.74, 6) is 0. The summed E-state index contributed by atoms with van der Waals surface area (Å²) in [6, 6.07) is 0. The molecule has 2 radical (unpaired) electrons. The number of hydrogen-bond acceptors (Lipinski definition) is 3. The van der Waals surface area contributed by atoms with E-state index >= 15 is 0 Å². The van der Waals surface area contributed by atoms with Gasteiger partial charge in [-0.25, -0.2) is 9.82 Å². The van der Waals surface area contributed by atoms with Crippen LogP contribution in [0.4, 0.5) is 0 Å². The molecule has 0 bridgehead atoms. The molecule has 0 unspecified atom stereocenters. The first-order valence-corrected chi connectivity index (χ1v) is 2.48. The zero-order valence-corrected chi connectivity index (χ0v) is 7.86. The molecule has 9 heteroatoms. The molecule has 0 aliphatic carbocycles. The van der Waals surface area contributed by atoms with E-state index in [1.165, 1.54) is 0 Å². The van der Waals surface area contributed by atoms with Crippen molar-refractivity contribution in [2.75, 3.05) is 0 Å². The zero-order valence-electron chi connectivity index (χ0n) is 3.36. The molecule has 0 amide bonds. The first-order valence-electron chi connectivity index (χ1n) is 0.948. The van der Waals surface area contributed by atoms with Crippen LogP contribution in [-0.4, -0.2) is 60.5 Å². The molecular formula is H5EuMnO5PSr. The molecular weight excluding hydrogens is 405 g/mol. The third-order valence-electron chi connectivity index (χ3n) is 0.106. The van der Waals surface area contributed by atoms with Crippen molar-refractivity contribution in [2.45, 2.75) is 0 Å². The molecule has 5 nitrogen and oxygen atoms in total. The Morgan fingerprint density at radius 3 is 1.44 bits per heavy atom. The van der Waals surface area contributed by atoms with Gasteiger partial charge in [0.2, 0.25) is 0 Å². The maximum atomic E-state index is 9.22. The van der Waals surface area contributed by atoms with E-state index < -0.39 is 7.82 Å². The van der Waals surface area contributed by atoms with Crippen LogP contribution >= 0.6 is 7.82 Å².